The lowest BCUT2D eigenvalue weighted by Gasteiger charge is -2.10. The van der Waals surface area contributed by atoms with Crippen LogP contribution < -0.4 is 11.1 Å². The van der Waals surface area contributed by atoms with Crippen LogP contribution in [0.2, 0.25) is 0 Å². The molecule has 0 fully saturated rings. The van der Waals surface area contributed by atoms with Gasteiger partial charge in [-0.1, -0.05) is 0 Å². The minimum Gasteiger partial charge on any atom is -0.398 e. The van der Waals surface area contributed by atoms with Gasteiger partial charge in [0, 0.05) is 6.04 Å². The van der Waals surface area contributed by atoms with E-state index in [1.54, 1.807) is 13.8 Å². The number of nitrogens with two attached hydrogens (primary N) is 1. The molecule has 100 valence electrons. The van der Waals surface area contributed by atoms with Crippen LogP contribution in [-0.4, -0.2) is 26.1 Å². The quantitative estimate of drug-likeness (QED) is 0.791. The van der Waals surface area contributed by atoms with Crippen molar-refractivity contribution < 1.29 is 17.6 Å². The Bertz CT molecular complexity index is 555. The maximum atomic E-state index is 13.0. The van der Waals surface area contributed by atoms with Crippen molar-refractivity contribution in [2.24, 2.45) is 0 Å². The fourth-order valence-electron chi connectivity index (χ4n) is 1.39. The molecule has 3 N–H and O–H groups in total. The molecular weight excluding hydrogens is 259 g/mol. The van der Waals surface area contributed by atoms with Crippen molar-refractivity contribution in [2.75, 3.05) is 11.5 Å². The van der Waals surface area contributed by atoms with E-state index in [0.29, 0.717) is 0 Å². The number of hydrogen-bond donors (Lipinski definition) is 2. The Morgan fingerprint density at radius 2 is 2.06 bits per heavy atom. The average Bonchev–Trinajstić information content (AvgIpc) is 2.19. The number of amides is 1. The second-order valence-corrected chi connectivity index (χ2v) is 6.12. The maximum Gasteiger partial charge on any atom is 0.235 e. The van der Waals surface area contributed by atoms with E-state index in [4.69, 9.17) is 5.73 Å². The molecular formula is C11H15FN2O3S. The Morgan fingerprint density at radius 1 is 1.44 bits per heavy atom. The highest BCUT2D eigenvalue weighted by Gasteiger charge is 2.22. The summed E-state index contributed by atoms with van der Waals surface area (Å²) < 4.78 is 36.8. The van der Waals surface area contributed by atoms with Crippen LogP contribution in [0.5, 0.6) is 0 Å². The molecule has 0 saturated heterocycles. The van der Waals surface area contributed by atoms with Gasteiger partial charge >= 0.3 is 0 Å². The first-order chi connectivity index (χ1) is 8.22. The Balaban J connectivity index is 3.00. The highest BCUT2D eigenvalue weighted by molar-refractivity contribution is 7.92. The molecule has 18 heavy (non-hydrogen) atoms. The summed E-state index contributed by atoms with van der Waals surface area (Å²) in [6.45, 7) is 3.42. The highest BCUT2D eigenvalue weighted by Crippen LogP contribution is 2.20. The molecule has 0 aliphatic rings. The smallest absolute Gasteiger partial charge is 0.235 e. The first kappa shape index (κ1) is 14.4. The lowest BCUT2D eigenvalue weighted by molar-refractivity contribution is -0.119. The zero-order chi connectivity index (χ0) is 13.9. The van der Waals surface area contributed by atoms with Crippen LogP contribution in [0.25, 0.3) is 0 Å². The Morgan fingerprint density at radius 3 is 2.61 bits per heavy atom. The second kappa shape index (κ2) is 5.34. The van der Waals surface area contributed by atoms with Gasteiger partial charge in [0.2, 0.25) is 5.91 Å². The predicted octanol–water partition coefficient (Wildman–Crippen LogP) is 0.706. The lowest BCUT2D eigenvalue weighted by atomic mass is 10.3. The van der Waals surface area contributed by atoms with Crippen molar-refractivity contribution in [2.45, 2.75) is 24.8 Å². The molecule has 1 aromatic carbocycles. The van der Waals surface area contributed by atoms with Crippen molar-refractivity contribution >= 4 is 21.4 Å². The van der Waals surface area contributed by atoms with E-state index < -0.39 is 27.3 Å². The van der Waals surface area contributed by atoms with E-state index in [9.17, 15) is 17.6 Å². The number of halogens is 1. The van der Waals surface area contributed by atoms with Gasteiger partial charge in [-0.05, 0) is 32.0 Å². The molecule has 0 saturated carbocycles. The molecule has 0 spiro atoms. The number of carbonyl (C=O) groups is 1. The van der Waals surface area contributed by atoms with Crippen molar-refractivity contribution in [3.05, 3.63) is 24.0 Å². The summed E-state index contributed by atoms with van der Waals surface area (Å²) >= 11 is 0. The van der Waals surface area contributed by atoms with E-state index in [1.165, 1.54) is 0 Å². The Kier molecular flexibility index (Phi) is 4.28. The van der Waals surface area contributed by atoms with Crippen molar-refractivity contribution in [1.29, 1.82) is 0 Å². The monoisotopic (exact) mass is 274 g/mol. The molecule has 0 bridgehead atoms. The van der Waals surface area contributed by atoms with Crippen LogP contribution >= 0.6 is 0 Å². The number of sulfone groups is 1. The Hall–Kier alpha value is -1.63. The van der Waals surface area contributed by atoms with Crippen LogP contribution in [0, 0.1) is 5.82 Å². The zero-order valence-corrected chi connectivity index (χ0v) is 10.9. The molecule has 0 unspecified atom stereocenters. The fourth-order valence-corrected chi connectivity index (χ4v) is 2.69. The summed E-state index contributed by atoms with van der Waals surface area (Å²) in [4.78, 5) is 11.1. The predicted molar refractivity (Wildman–Crippen MR) is 66.1 cm³/mol. The molecule has 0 aliphatic carbocycles. The van der Waals surface area contributed by atoms with Gasteiger partial charge in [-0.15, -0.1) is 0 Å². The van der Waals surface area contributed by atoms with Gasteiger partial charge < -0.3 is 11.1 Å². The van der Waals surface area contributed by atoms with Crippen LogP contribution in [0.1, 0.15) is 13.8 Å². The SMILES string of the molecule is CC(C)NC(=O)CS(=O)(=O)c1cc(F)ccc1N. The highest BCUT2D eigenvalue weighted by atomic mass is 32.2. The van der Waals surface area contributed by atoms with Crippen LogP contribution in [0.3, 0.4) is 0 Å². The fraction of sp³-hybridized carbons (Fsp3) is 0.364. The minimum atomic E-state index is -3.94. The van der Waals surface area contributed by atoms with E-state index in [0.717, 1.165) is 18.2 Å². The average molecular weight is 274 g/mol. The third-order valence-corrected chi connectivity index (χ3v) is 3.75. The third-order valence-electron chi connectivity index (χ3n) is 2.08. The van der Waals surface area contributed by atoms with Crippen molar-refractivity contribution in [3.8, 4) is 0 Å². The summed E-state index contributed by atoms with van der Waals surface area (Å²) in [5.41, 5.74) is 5.40. The van der Waals surface area contributed by atoms with Gasteiger partial charge in [0.05, 0.1) is 10.6 Å². The number of benzene rings is 1. The number of nitrogens with one attached hydrogen (secondary N) is 1. The maximum absolute atomic E-state index is 13.0. The number of anilines is 1. The van der Waals surface area contributed by atoms with E-state index in [1.807, 2.05) is 0 Å². The van der Waals surface area contributed by atoms with Crippen molar-refractivity contribution in [1.82, 2.24) is 5.32 Å². The Labute approximate surface area is 105 Å². The van der Waals surface area contributed by atoms with Crippen LogP contribution in [-0.2, 0) is 14.6 Å². The molecule has 5 nitrogen and oxygen atoms in total. The third kappa shape index (κ3) is 3.69. The minimum absolute atomic E-state index is 0.0752. The molecule has 1 aromatic rings. The zero-order valence-electron chi connectivity index (χ0n) is 10.1. The molecule has 0 aromatic heterocycles. The molecule has 7 heteroatoms. The van der Waals surface area contributed by atoms with E-state index >= 15 is 0 Å². The summed E-state index contributed by atoms with van der Waals surface area (Å²) in [7, 11) is -3.94. The summed E-state index contributed by atoms with van der Waals surface area (Å²) in [5, 5.41) is 2.45. The van der Waals surface area contributed by atoms with Gasteiger partial charge in [0.1, 0.15) is 11.6 Å². The van der Waals surface area contributed by atoms with Gasteiger partial charge in [0.15, 0.2) is 9.84 Å². The molecule has 1 rings (SSSR count). The van der Waals surface area contributed by atoms with Gasteiger partial charge in [-0.3, -0.25) is 4.79 Å². The normalized spacial score (nSPS) is 11.6. The standard InChI is InChI=1S/C11H15FN2O3S/c1-7(2)14-11(15)6-18(16,17)10-5-8(12)3-4-9(10)13/h3-5,7H,6,13H2,1-2H3,(H,14,15). The first-order valence-electron chi connectivity index (χ1n) is 5.29. The topological polar surface area (TPSA) is 89.3 Å². The van der Waals surface area contributed by atoms with Crippen LogP contribution in [0.15, 0.2) is 23.1 Å². The number of hydrogen-bond acceptors (Lipinski definition) is 4. The number of nitrogen functional groups attached to an aromatic ring is 1. The number of rotatable bonds is 4. The van der Waals surface area contributed by atoms with Crippen LogP contribution in [0.4, 0.5) is 10.1 Å². The van der Waals surface area contributed by atoms with E-state index in [2.05, 4.69) is 5.32 Å². The first-order valence-corrected chi connectivity index (χ1v) is 6.95. The van der Waals surface area contributed by atoms with Gasteiger partial charge in [-0.2, -0.15) is 0 Å². The molecule has 0 heterocycles. The van der Waals surface area contributed by atoms with Gasteiger partial charge in [-0.25, -0.2) is 12.8 Å². The van der Waals surface area contributed by atoms with Gasteiger partial charge in [0.25, 0.3) is 0 Å². The second-order valence-electron chi connectivity index (χ2n) is 4.16. The molecule has 0 radical (unpaired) electrons. The summed E-state index contributed by atoms with van der Waals surface area (Å²) in [6.07, 6.45) is 0. The molecule has 1 amide bonds. The summed E-state index contributed by atoms with van der Waals surface area (Å²) in [5.74, 6) is -2.11. The summed E-state index contributed by atoms with van der Waals surface area (Å²) in [6, 6.07) is 2.86. The lowest BCUT2D eigenvalue weighted by Crippen LogP contribution is -2.35. The number of carbonyl (C=O) groups excluding carboxylic acids is 1. The molecule has 0 aliphatic heterocycles. The molecule has 0 atom stereocenters. The largest absolute Gasteiger partial charge is 0.398 e. The van der Waals surface area contributed by atoms with E-state index in [-0.39, 0.29) is 16.6 Å². The van der Waals surface area contributed by atoms with Crippen molar-refractivity contribution in [3.63, 3.8) is 0 Å².